The van der Waals surface area contributed by atoms with E-state index in [4.69, 9.17) is 4.74 Å². The van der Waals surface area contributed by atoms with E-state index in [2.05, 4.69) is 37.3 Å². The summed E-state index contributed by atoms with van der Waals surface area (Å²) < 4.78 is 4.93. The quantitative estimate of drug-likeness (QED) is 0.444. The Bertz CT molecular complexity index is 727. The molecular formula is C24H29NO3. The van der Waals surface area contributed by atoms with E-state index in [0.29, 0.717) is 13.1 Å². The number of unbranched alkanes of at least 4 members (excludes halogenated alkanes) is 1. The van der Waals surface area contributed by atoms with Gasteiger partial charge in [-0.05, 0) is 30.0 Å². The van der Waals surface area contributed by atoms with Crippen molar-refractivity contribution in [2.75, 3.05) is 19.7 Å². The predicted octanol–water partition coefficient (Wildman–Crippen LogP) is 4.70. The zero-order valence-corrected chi connectivity index (χ0v) is 16.8. The molecule has 0 fully saturated rings. The van der Waals surface area contributed by atoms with Crippen LogP contribution in [0.25, 0.3) is 5.57 Å². The molecule has 0 atom stereocenters. The fraction of sp³-hybridized carbons (Fsp3) is 0.333. The lowest BCUT2D eigenvalue weighted by atomic mass is 9.97. The monoisotopic (exact) mass is 379 g/mol. The minimum Gasteiger partial charge on any atom is -0.466 e. The lowest BCUT2D eigenvalue weighted by Gasteiger charge is -2.21. The Hall–Kier alpha value is -2.88. The Morgan fingerprint density at radius 3 is 2.00 bits per heavy atom. The zero-order chi connectivity index (χ0) is 20.2. The van der Waals surface area contributed by atoms with Crippen LogP contribution < -0.4 is 0 Å². The Morgan fingerprint density at radius 1 is 0.929 bits per heavy atom. The standard InChI is InChI=1S/C24H29NO3/c1-3-5-17-25(23(26)19-24(27)28-4-2)18-16-22(20-12-8-6-9-13-20)21-14-10-7-11-15-21/h6-16H,3-5,17-19H2,1-2H3. The van der Waals surface area contributed by atoms with Crippen molar-refractivity contribution in [3.05, 3.63) is 77.9 Å². The van der Waals surface area contributed by atoms with Crippen LogP contribution in [0, 0.1) is 0 Å². The molecule has 2 aromatic rings. The molecule has 0 unspecified atom stereocenters. The molecular weight excluding hydrogens is 350 g/mol. The smallest absolute Gasteiger partial charge is 0.315 e. The van der Waals surface area contributed by atoms with Crippen molar-refractivity contribution in [3.8, 4) is 0 Å². The van der Waals surface area contributed by atoms with Gasteiger partial charge in [0.1, 0.15) is 6.42 Å². The van der Waals surface area contributed by atoms with Gasteiger partial charge in [-0.1, -0.05) is 80.1 Å². The molecule has 28 heavy (non-hydrogen) atoms. The number of benzene rings is 2. The van der Waals surface area contributed by atoms with Gasteiger partial charge < -0.3 is 9.64 Å². The second-order valence-corrected chi connectivity index (χ2v) is 6.52. The van der Waals surface area contributed by atoms with Crippen LogP contribution >= 0.6 is 0 Å². The molecule has 0 aliphatic carbocycles. The topological polar surface area (TPSA) is 46.6 Å². The Labute approximate surface area is 167 Å². The van der Waals surface area contributed by atoms with E-state index in [-0.39, 0.29) is 18.9 Å². The third-order valence-electron chi connectivity index (χ3n) is 4.42. The summed E-state index contributed by atoms with van der Waals surface area (Å²) in [6, 6.07) is 20.3. The van der Waals surface area contributed by atoms with Gasteiger partial charge in [0.15, 0.2) is 0 Å². The fourth-order valence-electron chi connectivity index (χ4n) is 2.95. The maximum absolute atomic E-state index is 12.6. The van der Waals surface area contributed by atoms with Crippen molar-refractivity contribution in [2.45, 2.75) is 33.1 Å². The molecule has 0 aromatic heterocycles. The number of amides is 1. The highest BCUT2D eigenvalue weighted by Crippen LogP contribution is 2.23. The number of carbonyl (C=O) groups is 2. The van der Waals surface area contributed by atoms with Gasteiger partial charge in [-0.15, -0.1) is 0 Å². The van der Waals surface area contributed by atoms with Crippen molar-refractivity contribution >= 4 is 17.4 Å². The third kappa shape index (κ3) is 6.69. The highest BCUT2D eigenvalue weighted by Gasteiger charge is 2.17. The average molecular weight is 380 g/mol. The summed E-state index contributed by atoms with van der Waals surface area (Å²) in [7, 11) is 0. The molecule has 148 valence electrons. The van der Waals surface area contributed by atoms with Gasteiger partial charge in [0.2, 0.25) is 5.91 Å². The Morgan fingerprint density at radius 2 is 1.50 bits per heavy atom. The number of hydrogen-bond acceptors (Lipinski definition) is 3. The van der Waals surface area contributed by atoms with Crippen molar-refractivity contribution in [1.82, 2.24) is 4.90 Å². The molecule has 4 nitrogen and oxygen atoms in total. The van der Waals surface area contributed by atoms with E-state index < -0.39 is 5.97 Å². The summed E-state index contributed by atoms with van der Waals surface area (Å²) in [5.74, 6) is -0.659. The Balaban J connectivity index is 2.24. The first-order valence-corrected chi connectivity index (χ1v) is 9.90. The molecule has 0 saturated heterocycles. The molecule has 2 rings (SSSR count). The maximum atomic E-state index is 12.6. The summed E-state index contributed by atoms with van der Waals surface area (Å²) in [5, 5.41) is 0. The maximum Gasteiger partial charge on any atom is 0.315 e. The molecule has 0 aliphatic heterocycles. The van der Waals surface area contributed by atoms with Crippen LogP contribution in [-0.2, 0) is 14.3 Å². The predicted molar refractivity (Wildman–Crippen MR) is 113 cm³/mol. The van der Waals surface area contributed by atoms with Crippen LogP contribution in [0.3, 0.4) is 0 Å². The number of hydrogen-bond donors (Lipinski definition) is 0. The molecule has 0 aliphatic rings. The minimum atomic E-state index is -0.468. The number of carbonyl (C=O) groups excluding carboxylic acids is 2. The first-order valence-electron chi connectivity index (χ1n) is 9.90. The molecule has 2 aromatic carbocycles. The molecule has 0 heterocycles. The number of nitrogens with zero attached hydrogens (tertiary/aromatic N) is 1. The van der Waals surface area contributed by atoms with Crippen LogP contribution in [0.5, 0.6) is 0 Å². The highest BCUT2D eigenvalue weighted by atomic mass is 16.5. The lowest BCUT2D eigenvalue weighted by Crippen LogP contribution is -2.34. The van der Waals surface area contributed by atoms with Crippen molar-refractivity contribution in [2.24, 2.45) is 0 Å². The van der Waals surface area contributed by atoms with Crippen LogP contribution in [0.4, 0.5) is 0 Å². The second-order valence-electron chi connectivity index (χ2n) is 6.52. The summed E-state index contributed by atoms with van der Waals surface area (Å²) in [5.41, 5.74) is 3.27. The van der Waals surface area contributed by atoms with Crippen LogP contribution in [0.15, 0.2) is 66.7 Å². The van der Waals surface area contributed by atoms with E-state index in [1.807, 2.05) is 36.4 Å². The number of ether oxygens (including phenoxy) is 1. The van der Waals surface area contributed by atoms with Crippen molar-refractivity contribution in [1.29, 1.82) is 0 Å². The van der Waals surface area contributed by atoms with Gasteiger partial charge in [-0.3, -0.25) is 9.59 Å². The lowest BCUT2D eigenvalue weighted by molar-refractivity contribution is -0.148. The normalized spacial score (nSPS) is 10.2. The first kappa shape index (κ1) is 21.4. The summed E-state index contributed by atoms with van der Waals surface area (Å²) in [4.78, 5) is 26.1. The minimum absolute atomic E-state index is 0.191. The van der Waals surface area contributed by atoms with Crippen molar-refractivity contribution in [3.63, 3.8) is 0 Å². The van der Waals surface area contributed by atoms with Gasteiger partial charge in [0, 0.05) is 13.1 Å². The SMILES string of the molecule is CCCCN(CC=C(c1ccccc1)c1ccccc1)C(=O)CC(=O)OCC. The van der Waals surface area contributed by atoms with E-state index >= 15 is 0 Å². The van der Waals surface area contributed by atoms with Crippen LogP contribution in [0.1, 0.15) is 44.2 Å². The van der Waals surface area contributed by atoms with Crippen LogP contribution in [-0.4, -0.2) is 36.5 Å². The Kier molecular flexibility index (Phi) is 8.99. The fourth-order valence-corrected chi connectivity index (χ4v) is 2.95. The second kappa shape index (κ2) is 11.8. The number of rotatable bonds is 10. The third-order valence-corrected chi connectivity index (χ3v) is 4.42. The average Bonchev–Trinajstić information content (AvgIpc) is 2.72. The van der Waals surface area contributed by atoms with E-state index in [9.17, 15) is 9.59 Å². The summed E-state index contributed by atoms with van der Waals surface area (Å²) in [6.07, 6.45) is 3.74. The summed E-state index contributed by atoms with van der Waals surface area (Å²) >= 11 is 0. The molecule has 4 heteroatoms. The van der Waals surface area contributed by atoms with Gasteiger partial charge >= 0.3 is 5.97 Å². The van der Waals surface area contributed by atoms with E-state index in [0.717, 1.165) is 29.5 Å². The zero-order valence-electron chi connectivity index (χ0n) is 16.8. The molecule has 0 radical (unpaired) electrons. The van der Waals surface area contributed by atoms with E-state index in [1.165, 1.54) is 0 Å². The molecule has 1 amide bonds. The van der Waals surface area contributed by atoms with Crippen LogP contribution in [0.2, 0.25) is 0 Å². The largest absolute Gasteiger partial charge is 0.466 e. The molecule has 0 spiro atoms. The van der Waals surface area contributed by atoms with Crippen molar-refractivity contribution < 1.29 is 14.3 Å². The number of esters is 1. The van der Waals surface area contributed by atoms with Gasteiger partial charge in [0.05, 0.1) is 6.61 Å². The van der Waals surface area contributed by atoms with Gasteiger partial charge in [0.25, 0.3) is 0 Å². The summed E-state index contributed by atoms with van der Waals surface area (Å²) in [6.45, 7) is 5.20. The van der Waals surface area contributed by atoms with E-state index in [1.54, 1.807) is 11.8 Å². The highest BCUT2D eigenvalue weighted by molar-refractivity contribution is 5.94. The first-order chi connectivity index (χ1) is 13.7. The van der Waals surface area contributed by atoms with Gasteiger partial charge in [-0.25, -0.2) is 0 Å². The molecule has 0 bridgehead atoms. The molecule has 0 N–H and O–H groups in total. The molecule has 0 saturated carbocycles. The van der Waals surface area contributed by atoms with Gasteiger partial charge in [-0.2, -0.15) is 0 Å².